The second kappa shape index (κ2) is 9.79. The zero-order valence-corrected chi connectivity index (χ0v) is 14.9. The van der Waals surface area contributed by atoms with Crippen molar-refractivity contribution in [2.75, 3.05) is 27.3 Å². The third kappa shape index (κ3) is 5.87. The number of esters is 1. The molecule has 1 aromatic carbocycles. The molecule has 4 nitrogen and oxygen atoms in total. The van der Waals surface area contributed by atoms with Crippen LogP contribution in [0.3, 0.4) is 0 Å². The van der Waals surface area contributed by atoms with Gasteiger partial charge >= 0.3 is 5.97 Å². The van der Waals surface area contributed by atoms with Crippen LogP contribution in [0.1, 0.15) is 19.4 Å². The van der Waals surface area contributed by atoms with E-state index in [-0.39, 0.29) is 5.97 Å². The largest absolute Gasteiger partial charge is 0.482 e. The number of hydrogen-bond acceptors (Lipinski definition) is 5. The van der Waals surface area contributed by atoms with Crippen LogP contribution in [0.4, 0.5) is 0 Å². The standard InChI is InChI=1S/C18H23NO3S/c1-5-21-17(20)15(14-10-8-7-9-11-14)12-13-16(19(3)4)18(23)22-6-2/h7-13H,5-6H2,1-4H3. The normalized spacial score (nSPS) is 11.8. The molecule has 0 N–H and O–H groups in total. The van der Waals surface area contributed by atoms with Crippen molar-refractivity contribution in [3.05, 3.63) is 53.7 Å². The maximum absolute atomic E-state index is 12.2. The van der Waals surface area contributed by atoms with Gasteiger partial charge in [0.1, 0.15) is 0 Å². The van der Waals surface area contributed by atoms with Crippen LogP contribution in [0.25, 0.3) is 5.57 Å². The van der Waals surface area contributed by atoms with Crippen LogP contribution in [0.2, 0.25) is 0 Å². The van der Waals surface area contributed by atoms with Crippen molar-refractivity contribution in [1.29, 1.82) is 0 Å². The van der Waals surface area contributed by atoms with Crippen LogP contribution in [0, 0.1) is 0 Å². The number of thiocarbonyl (C=S) groups is 1. The summed E-state index contributed by atoms with van der Waals surface area (Å²) in [6.45, 7) is 4.48. The fourth-order valence-electron chi connectivity index (χ4n) is 1.88. The van der Waals surface area contributed by atoms with Crippen LogP contribution >= 0.6 is 12.2 Å². The van der Waals surface area contributed by atoms with E-state index in [9.17, 15) is 4.79 Å². The van der Waals surface area contributed by atoms with Gasteiger partial charge in [-0.1, -0.05) is 30.3 Å². The molecule has 0 saturated heterocycles. The fourth-order valence-corrected chi connectivity index (χ4v) is 2.24. The molecule has 0 atom stereocenters. The highest BCUT2D eigenvalue weighted by Gasteiger charge is 2.13. The third-order valence-corrected chi connectivity index (χ3v) is 3.28. The van der Waals surface area contributed by atoms with E-state index >= 15 is 0 Å². The molecule has 0 radical (unpaired) electrons. The summed E-state index contributed by atoms with van der Waals surface area (Å²) in [6, 6.07) is 9.39. The van der Waals surface area contributed by atoms with Gasteiger partial charge in [-0.2, -0.15) is 0 Å². The van der Waals surface area contributed by atoms with Gasteiger partial charge in [-0.05, 0) is 43.8 Å². The highest BCUT2D eigenvalue weighted by molar-refractivity contribution is 7.80. The summed E-state index contributed by atoms with van der Waals surface area (Å²) in [4.78, 5) is 14.1. The summed E-state index contributed by atoms with van der Waals surface area (Å²) >= 11 is 5.26. The Kier molecular flexibility index (Phi) is 8.05. The average Bonchev–Trinajstić information content (AvgIpc) is 2.52. The monoisotopic (exact) mass is 333 g/mol. The van der Waals surface area contributed by atoms with E-state index in [1.54, 1.807) is 19.1 Å². The van der Waals surface area contributed by atoms with Gasteiger partial charge in [0, 0.05) is 14.1 Å². The number of likely N-dealkylation sites (N-methyl/N-ethyl adjacent to an activating group) is 1. The first-order valence-corrected chi connectivity index (χ1v) is 7.91. The van der Waals surface area contributed by atoms with Gasteiger partial charge in [-0.15, -0.1) is 0 Å². The number of ether oxygens (including phenoxy) is 2. The zero-order valence-electron chi connectivity index (χ0n) is 14.0. The number of allylic oxidation sites excluding steroid dienone is 2. The minimum atomic E-state index is -0.365. The molecule has 5 heteroatoms. The van der Waals surface area contributed by atoms with Crippen molar-refractivity contribution in [3.63, 3.8) is 0 Å². The van der Waals surface area contributed by atoms with Crippen molar-refractivity contribution in [1.82, 2.24) is 4.90 Å². The van der Waals surface area contributed by atoms with Gasteiger partial charge < -0.3 is 14.4 Å². The highest BCUT2D eigenvalue weighted by atomic mass is 32.1. The molecule has 124 valence electrons. The molecule has 1 aromatic rings. The molecule has 0 saturated carbocycles. The van der Waals surface area contributed by atoms with E-state index in [1.807, 2.05) is 56.3 Å². The van der Waals surface area contributed by atoms with Gasteiger partial charge in [0.25, 0.3) is 0 Å². The predicted octanol–water partition coefficient (Wildman–Crippen LogP) is 3.44. The molecule has 0 aliphatic rings. The fraction of sp³-hybridized carbons (Fsp3) is 0.333. The molecule has 0 aromatic heterocycles. The van der Waals surface area contributed by atoms with Crippen molar-refractivity contribution in [2.45, 2.75) is 13.8 Å². The van der Waals surface area contributed by atoms with Crippen LogP contribution in [0.5, 0.6) is 0 Å². The molecule has 0 fully saturated rings. The topological polar surface area (TPSA) is 38.8 Å². The predicted molar refractivity (Wildman–Crippen MR) is 97.0 cm³/mol. The second-order valence-electron chi connectivity index (χ2n) is 4.83. The van der Waals surface area contributed by atoms with Gasteiger partial charge in [-0.25, -0.2) is 4.79 Å². The molecule has 23 heavy (non-hydrogen) atoms. The van der Waals surface area contributed by atoms with Crippen molar-refractivity contribution < 1.29 is 14.3 Å². The lowest BCUT2D eigenvalue weighted by molar-refractivity contribution is -0.136. The molecule has 0 aliphatic heterocycles. The Morgan fingerprint density at radius 1 is 1.09 bits per heavy atom. The number of carbonyl (C=O) groups excluding carboxylic acids is 1. The lowest BCUT2D eigenvalue weighted by Gasteiger charge is -2.17. The third-order valence-electron chi connectivity index (χ3n) is 2.95. The zero-order chi connectivity index (χ0) is 17.2. The molecule has 0 bridgehead atoms. The van der Waals surface area contributed by atoms with Gasteiger partial charge in [0.05, 0.1) is 24.5 Å². The van der Waals surface area contributed by atoms with Crippen LogP contribution in [-0.4, -0.2) is 43.2 Å². The van der Waals surface area contributed by atoms with Crippen LogP contribution in [0.15, 0.2) is 48.2 Å². The van der Waals surface area contributed by atoms with E-state index in [0.29, 0.717) is 23.8 Å². The quantitative estimate of drug-likeness (QED) is 0.331. The Hall–Kier alpha value is -2.14. The maximum Gasteiger partial charge on any atom is 0.338 e. The smallest absolute Gasteiger partial charge is 0.338 e. The summed E-state index contributed by atoms with van der Waals surface area (Å²) in [6.07, 6.45) is 3.49. The average molecular weight is 333 g/mol. The summed E-state index contributed by atoms with van der Waals surface area (Å²) in [7, 11) is 3.75. The highest BCUT2D eigenvalue weighted by Crippen LogP contribution is 2.17. The molecule has 1 rings (SSSR count). The molecule has 0 heterocycles. The SMILES string of the molecule is CCOC(=O)C(=CC=C(C(=S)OCC)N(C)C)c1ccccc1. The molecule has 0 spiro atoms. The number of rotatable bonds is 7. The van der Waals surface area contributed by atoms with Gasteiger partial charge in [0.2, 0.25) is 5.05 Å². The minimum absolute atomic E-state index is 0.324. The Morgan fingerprint density at radius 2 is 1.70 bits per heavy atom. The number of hydrogen-bond donors (Lipinski definition) is 0. The van der Waals surface area contributed by atoms with E-state index in [0.717, 1.165) is 11.3 Å². The number of nitrogens with zero attached hydrogens (tertiary/aromatic N) is 1. The molecular weight excluding hydrogens is 310 g/mol. The van der Waals surface area contributed by atoms with E-state index in [4.69, 9.17) is 21.7 Å². The molecule has 0 aliphatic carbocycles. The molecule has 0 amide bonds. The van der Waals surface area contributed by atoms with Gasteiger partial charge in [-0.3, -0.25) is 0 Å². The Morgan fingerprint density at radius 3 is 2.22 bits per heavy atom. The van der Waals surface area contributed by atoms with E-state index in [2.05, 4.69) is 0 Å². The van der Waals surface area contributed by atoms with Crippen LogP contribution in [-0.2, 0) is 14.3 Å². The van der Waals surface area contributed by atoms with Crippen LogP contribution < -0.4 is 0 Å². The maximum atomic E-state index is 12.2. The molecule has 0 unspecified atom stereocenters. The summed E-state index contributed by atoms with van der Waals surface area (Å²) in [5.74, 6) is -0.365. The second-order valence-corrected chi connectivity index (χ2v) is 5.20. The first-order valence-electron chi connectivity index (χ1n) is 7.50. The summed E-state index contributed by atoms with van der Waals surface area (Å²) < 4.78 is 10.5. The first kappa shape index (κ1) is 18.9. The lowest BCUT2D eigenvalue weighted by Crippen LogP contribution is -2.20. The Balaban J connectivity index is 3.23. The summed E-state index contributed by atoms with van der Waals surface area (Å²) in [5.41, 5.74) is 1.99. The number of carbonyl (C=O) groups is 1. The van der Waals surface area contributed by atoms with E-state index in [1.165, 1.54) is 0 Å². The Labute approximate surface area is 143 Å². The Bertz CT molecular complexity index is 592. The lowest BCUT2D eigenvalue weighted by atomic mass is 10.1. The minimum Gasteiger partial charge on any atom is -0.482 e. The van der Waals surface area contributed by atoms with Crippen molar-refractivity contribution >= 4 is 28.8 Å². The van der Waals surface area contributed by atoms with E-state index < -0.39 is 0 Å². The summed E-state index contributed by atoms with van der Waals surface area (Å²) in [5, 5.41) is 0.394. The van der Waals surface area contributed by atoms with Crippen molar-refractivity contribution in [2.24, 2.45) is 0 Å². The first-order chi connectivity index (χ1) is 11.0. The molecular formula is C18H23NO3S. The van der Waals surface area contributed by atoms with Crippen molar-refractivity contribution in [3.8, 4) is 0 Å². The number of benzene rings is 1. The van der Waals surface area contributed by atoms with Gasteiger partial charge in [0.15, 0.2) is 0 Å².